The fourth-order valence-corrected chi connectivity index (χ4v) is 2.75. The fraction of sp³-hybridized carbons (Fsp3) is 0.0556. The minimum Gasteiger partial charge on any atom is -0.311 e. The van der Waals surface area contributed by atoms with Crippen molar-refractivity contribution in [3.05, 3.63) is 76.6 Å². The molecule has 118 valence electrons. The van der Waals surface area contributed by atoms with Gasteiger partial charge in [0.25, 0.3) is 5.56 Å². The Bertz CT molecular complexity index is 1100. The maximum atomic E-state index is 12.3. The van der Waals surface area contributed by atoms with Gasteiger partial charge < -0.3 is 5.32 Å². The number of nitrogens with zero attached hydrogens (tertiary/aromatic N) is 2. The van der Waals surface area contributed by atoms with Crippen LogP contribution in [0.1, 0.15) is 5.56 Å². The summed E-state index contributed by atoms with van der Waals surface area (Å²) < 4.78 is 1.74. The number of carbonyl (C=O) groups excluding carboxylic acids is 1. The first-order chi connectivity index (χ1) is 11.7. The van der Waals surface area contributed by atoms with E-state index in [0.29, 0.717) is 11.6 Å². The Balaban J connectivity index is 1.75. The van der Waals surface area contributed by atoms with E-state index in [4.69, 9.17) is 0 Å². The number of fused-ring (bicyclic) bond motifs is 3. The molecule has 0 radical (unpaired) electrons. The first kappa shape index (κ1) is 14.2. The molecule has 4 rings (SSSR count). The van der Waals surface area contributed by atoms with Gasteiger partial charge in [0.05, 0.1) is 17.5 Å². The van der Waals surface area contributed by atoms with E-state index in [0.717, 1.165) is 16.6 Å². The molecule has 0 aliphatic heterocycles. The first-order valence-corrected chi connectivity index (χ1v) is 7.55. The van der Waals surface area contributed by atoms with E-state index < -0.39 is 0 Å². The van der Waals surface area contributed by atoms with Gasteiger partial charge in [-0.3, -0.25) is 19.0 Å². The van der Waals surface area contributed by atoms with Crippen molar-refractivity contribution in [1.82, 2.24) is 14.4 Å². The molecule has 0 aliphatic carbocycles. The minimum absolute atomic E-state index is 0.189. The summed E-state index contributed by atoms with van der Waals surface area (Å²) in [6.07, 6.45) is 0.238. The molecule has 0 saturated heterocycles. The van der Waals surface area contributed by atoms with E-state index in [1.54, 1.807) is 4.40 Å². The standard InChI is InChI=1S/C18H14N4O2/c23-16(10-12-6-2-1-3-7-12)20-15-11-17(24)21-18-19-13-8-4-5-9-14(13)22(15)18/h1-9,11H,10H2,(H,20,23)(H,19,21,24). The third-order valence-electron chi connectivity index (χ3n) is 3.78. The Morgan fingerprint density at radius 1 is 1.08 bits per heavy atom. The maximum Gasteiger partial charge on any atom is 0.254 e. The lowest BCUT2D eigenvalue weighted by Gasteiger charge is -2.08. The van der Waals surface area contributed by atoms with Crippen molar-refractivity contribution >= 4 is 28.5 Å². The SMILES string of the molecule is O=C(Cc1ccccc1)Nc1cc(=O)[nH]c2nc3ccccc3n12. The quantitative estimate of drug-likeness (QED) is 0.608. The van der Waals surface area contributed by atoms with Crippen LogP contribution < -0.4 is 10.9 Å². The van der Waals surface area contributed by atoms with Crippen LogP contribution in [0, 0.1) is 0 Å². The number of H-pyrrole nitrogens is 1. The molecule has 0 bridgehead atoms. The average molecular weight is 318 g/mol. The van der Waals surface area contributed by atoms with Gasteiger partial charge in [-0.2, -0.15) is 0 Å². The molecule has 4 aromatic rings. The number of aromatic amines is 1. The largest absolute Gasteiger partial charge is 0.311 e. The van der Waals surface area contributed by atoms with Crippen molar-refractivity contribution in [1.29, 1.82) is 0 Å². The summed E-state index contributed by atoms with van der Waals surface area (Å²) >= 11 is 0. The van der Waals surface area contributed by atoms with E-state index in [1.807, 2.05) is 54.6 Å². The molecule has 0 saturated carbocycles. The molecule has 2 heterocycles. The lowest BCUT2D eigenvalue weighted by atomic mass is 10.1. The molecule has 0 spiro atoms. The average Bonchev–Trinajstić information content (AvgIpc) is 2.93. The normalized spacial score (nSPS) is 11.0. The molecule has 0 fully saturated rings. The summed E-state index contributed by atoms with van der Waals surface area (Å²) in [6, 6.07) is 18.3. The highest BCUT2D eigenvalue weighted by Gasteiger charge is 2.12. The Hall–Kier alpha value is -3.41. The molecular weight excluding hydrogens is 304 g/mol. The first-order valence-electron chi connectivity index (χ1n) is 7.55. The zero-order valence-electron chi connectivity index (χ0n) is 12.7. The smallest absolute Gasteiger partial charge is 0.254 e. The zero-order chi connectivity index (χ0) is 16.5. The third-order valence-corrected chi connectivity index (χ3v) is 3.78. The van der Waals surface area contributed by atoms with Crippen molar-refractivity contribution in [2.75, 3.05) is 5.32 Å². The summed E-state index contributed by atoms with van der Waals surface area (Å²) in [6.45, 7) is 0. The van der Waals surface area contributed by atoms with Crippen molar-refractivity contribution in [3.8, 4) is 0 Å². The lowest BCUT2D eigenvalue weighted by Crippen LogP contribution is -2.19. The summed E-state index contributed by atoms with van der Waals surface area (Å²) in [4.78, 5) is 31.3. The molecule has 6 heteroatoms. The minimum atomic E-state index is -0.312. The number of hydrogen-bond acceptors (Lipinski definition) is 3. The number of anilines is 1. The van der Waals surface area contributed by atoms with Crippen LogP contribution >= 0.6 is 0 Å². The second-order valence-corrected chi connectivity index (χ2v) is 5.49. The van der Waals surface area contributed by atoms with Crippen molar-refractivity contribution in [2.24, 2.45) is 0 Å². The molecule has 0 aliphatic rings. The topological polar surface area (TPSA) is 79.3 Å². The van der Waals surface area contributed by atoms with Crippen molar-refractivity contribution in [3.63, 3.8) is 0 Å². The number of para-hydroxylation sites is 2. The Labute approximate surface area is 136 Å². The van der Waals surface area contributed by atoms with Crippen LogP contribution in [0.3, 0.4) is 0 Å². The molecule has 2 aromatic carbocycles. The second kappa shape index (κ2) is 5.66. The van der Waals surface area contributed by atoms with Gasteiger partial charge in [0.1, 0.15) is 5.82 Å². The number of nitrogens with one attached hydrogen (secondary N) is 2. The van der Waals surface area contributed by atoms with Crippen LogP contribution in [0.5, 0.6) is 0 Å². The molecule has 2 N–H and O–H groups in total. The van der Waals surface area contributed by atoms with Gasteiger partial charge >= 0.3 is 0 Å². The van der Waals surface area contributed by atoms with Crippen molar-refractivity contribution < 1.29 is 4.79 Å². The zero-order valence-corrected chi connectivity index (χ0v) is 12.7. The van der Waals surface area contributed by atoms with Crippen molar-refractivity contribution in [2.45, 2.75) is 6.42 Å². The molecule has 6 nitrogen and oxygen atoms in total. The lowest BCUT2D eigenvalue weighted by molar-refractivity contribution is -0.115. The number of carbonyl (C=O) groups is 1. The summed E-state index contributed by atoms with van der Waals surface area (Å²) in [7, 11) is 0. The van der Waals surface area contributed by atoms with Crippen LogP contribution in [0.15, 0.2) is 65.5 Å². The highest BCUT2D eigenvalue weighted by atomic mass is 16.1. The molecule has 0 unspecified atom stereocenters. The van der Waals surface area contributed by atoms with E-state index in [1.165, 1.54) is 6.07 Å². The Morgan fingerprint density at radius 3 is 2.67 bits per heavy atom. The number of imidazole rings is 1. The molecular formula is C18H14N4O2. The molecule has 24 heavy (non-hydrogen) atoms. The second-order valence-electron chi connectivity index (χ2n) is 5.49. The maximum absolute atomic E-state index is 12.3. The monoisotopic (exact) mass is 318 g/mol. The Kier molecular flexibility index (Phi) is 3.35. The number of rotatable bonds is 3. The van der Waals surface area contributed by atoms with Gasteiger partial charge in [-0.05, 0) is 17.7 Å². The Morgan fingerprint density at radius 2 is 1.83 bits per heavy atom. The number of aromatic nitrogens is 3. The van der Waals surface area contributed by atoms with Gasteiger partial charge in [0.15, 0.2) is 0 Å². The number of hydrogen-bond donors (Lipinski definition) is 2. The fourth-order valence-electron chi connectivity index (χ4n) is 2.75. The highest BCUT2D eigenvalue weighted by Crippen LogP contribution is 2.18. The van der Waals surface area contributed by atoms with E-state index >= 15 is 0 Å². The molecule has 0 atom stereocenters. The molecule has 1 amide bonds. The van der Waals surface area contributed by atoms with Crippen LogP contribution in [-0.2, 0) is 11.2 Å². The summed E-state index contributed by atoms with van der Waals surface area (Å²) in [5, 5.41) is 2.82. The van der Waals surface area contributed by atoms with Crippen LogP contribution in [0.2, 0.25) is 0 Å². The molecule has 2 aromatic heterocycles. The van der Waals surface area contributed by atoms with E-state index in [9.17, 15) is 9.59 Å². The van der Waals surface area contributed by atoms with E-state index in [2.05, 4.69) is 15.3 Å². The van der Waals surface area contributed by atoms with E-state index in [-0.39, 0.29) is 17.9 Å². The van der Waals surface area contributed by atoms with Crippen LogP contribution in [0.25, 0.3) is 16.8 Å². The van der Waals surface area contributed by atoms with Gasteiger partial charge in [0, 0.05) is 6.07 Å². The van der Waals surface area contributed by atoms with Gasteiger partial charge in [-0.1, -0.05) is 42.5 Å². The number of benzene rings is 2. The van der Waals surface area contributed by atoms with Crippen LogP contribution in [-0.4, -0.2) is 20.3 Å². The summed E-state index contributed by atoms with van der Waals surface area (Å²) in [5.41, 5.74) is 2.16. The van der Waals surface area contributed by atoms with Gasteiger partial charge in [0.2, 0.25) is 11.7 Å². The summed E-state index contributed by atoms with van der Waals surface area (Å²) in [5.74, 6) is 0.618. The predicted molar refractivity (Wildman–Crippen MR) is 92.1 cm³/mol. The third kappa shape index (κ3) is 2.54. The highest BCUT2D eigenvalue weighted by molar-refractivity contribution is 5.93. The van der Waals surface area contributed by atoms with Crippen LogP contribution in [0.4, 0.5) is 5.82 Å². The van der Waals surface area contributed by atoms with Gasteiger partial charge in [-0.25, -0.2) is 4.98 Å². The van der Waals surface area contributed by atoms with Gasteiger partial charge in [-0.15, -0.1) is 0 Å². The predicted octanol–water partition coefficient (Wildman–Crippen LogP) is 2.36. The number of amides is 1.